The number of fused-ring (bicyclic) bond motifs is 1. The van der Waals surface area contributed by atoms with Crippen molar-refractivity contribution in [2.75, 3.05) is 19.1 Å². The molecule has 2 heterocycles. The number of aliphatic hydroxyl groups excluding tert-OH is 1. The highest BCUT2D eigenvalue weighted by Gasteiger charge is 2.48. The van der Waals surface area contributed by atoms with Crippen LogP contribution in [0.2, 0.25) is 0 Å². The fourth-order valence-corrected chi connectivity index (χ4v) is 5.19. The molecule has 7 nitrogen and oxygen atoms in total. The summed E-state index contributed by atoms with van der Waals surface area (Å²) in [4.78, 5) is 32.1. The number of ether oxygens (including phenoxy) is 2. The van der Waals surface area contributed by atoms with Gasteiger partial charge in [-0.3, -0.25) is 14.5 Å². The minimum atomic E-state index is -0.856. The number of aliphatic hydroxyl groups is 1. The van der Waals surface area contributed by atoms with Crippen LogP contribution >= 0.6 is 0 Å². The van der Waals surface area contributed by atoms with E-state index in [0.29, 0.717) is 22.7 Å². The van der Waals surface area contributed by atoms with Crippen LogP contribution in [0.25, 0.3) is 16.7 Å². The molecule has 7 heteroatoms. The molecule has 1 atom stereocenters. The molecule has 1 aliphatic rings. The average molecular weight is 497 g/mol. The number of benzene rings is 3. The van der Waals surface area contributed by atoms with Crippen LogP contribution in [0, 0.1) is 20.8 Å². The van der Waals surface area contributed by atoms with Gasteiger partial charge >= 0.3 is 0 Å². The zero-order chi connectivity index (χ0) is 26.4. The number of nitrogens with zero attached hydrogens (tertiary/aromatic N) is 1. The Bertz CT molecular complexity index is 1600. The summed E-state index contributed by atoms with van der Waals surface area (Å²) in [6, 6.07) is 17.5. The molecule has 0 radical (unpaired) electrons. The number of Topliss-reactive ketones (excluding diaryl/α,β-unsaturated/α-hetero) is 1. The molecule has 1 fully saturated rings. The van der Waals surface area contributed by atoms with Gasteiger partial charge in [0.25, 0.3) is 11.7 Å². The van der Waals surface area contributed by atoms with Gasteiger partial charge in [-0.25, -0.2) is 0 Å². The molecule has 1 aliphatic heterocycles. The SMILES string of the molecule is COc1cccc(N2C(=O)C(=O)/C(=C(/O)c3cc(C)c(OC)cc3C)C2c2c(C)[nH]c3ccccc23)c1. The summed E-state index contributed by atoms with van der Waals surface area (Å²) in [5.74, 6) is -0.456. The van der Waals surface area contributed by atoms with Crippen molar-refractivity contribution in [2.45, 2.75) is 26.8 Å². The van der Waals surface area contributed by atoms with Crippen LogP contribution in [0.15, 0.2) is 66.2 Å². The number of hydrogen-bond donors (Lipinski definition) is 2. The molecule has 5 rings (SSSR count). The Morgan fingerprint density at radius 3 is 2.41 bits per heavy atom. The van der Waals surface area contributed by atoms with Crippen LogP contribution < -0.4 is 14.4 Å². The highest BCUT2D eigenvalue weighted by atomic mass is 16.5. The lowest BCUT2D eigenvalue weighted by atomic mass is 9.91. The normalized spacial score (nSPS) is 17.0. The predicted molar refractivity (Wildman–Crippen MR) is 143 cm³/mol. The third-order valence-corrected chi connectivity index (χ3v) is 6.99. The second-order valence-corrected chi connectivity index (χ2v) is 9.22. The molecule has 0 spiro atoms. The number of para-hydroxylation sites is 1. The Kier molecular flexibility index (Phi) is 5.99. The van der Waals surface area contributed by atoms with Crippen molar-refractivity contribution in [3.05, 3.63) is 94.2 Å². The van der Waals surface area contributed by atoms with Crippen molar-refractivity contribution in [2.24, 2.45) is 0 Å². The summed E-state index contributed by atoms with van der Waals surface area (Å²) < 4.78 is 10.8. The maximum absolute atomic E-state index is 13.7. The van der Waals surface area contributed by atoms with Crippen LogP contribution in [-0.4, -0.2) is 36.0 Å². The van der Waals surface area contributed by atoms with Crippen LogP contribution in [0.5, 0.6) is 11.5 Å². The molecule has 1 unspecified atom stereocenters. The van der Waals surface area contributed by atoms with E-state index in [1.54, 1.807) is 44.6 Å². The molecule has 3 aromatic carbocycles. The maximum atomic E-state index is 13.7. The number of anilines is 1. The molecular formula is C30H28N2O5. The molecule has 1 aromatic heterocycles. The van der Waals surface area contributed by atoms with E-state index in [1.165, 1.54) is 4.90 Å². The number of hydrogen-bond acceptors (Lipinski definition) is 5. The minimum absolute atomic E-state index is 0.0355. The zero-order valence-corrected chi connectivity index (χ0v) is 21.4. The Labute approximate surface area is 214 Å². The first-order chi connectivity index (χ1) is 17.8. The topological polar surface area (TPSA) is 91.9 Å². The number of aryl methyl sites for hydroxylation is 3. The Balaban J connectivity index is 1.83. The van der Waals surface area contributed by atoms with Gasteiger partial charge in [0, 0.05) is 39.5 Å². The second kappa shape index (κ2) is 9.17. The van der Waals surface area contributed by atoms with Gasteiger partial charge in [-0.2, -0.15) is 0 Å². The molecule has 1 saturated heterocycles. The predicted octanol–water partition coefficient (Wildman–Crippen LogP) is 5.74. The first-order valence-electron chi connectivity index (χ1n) is 11.9. The zero-order valence-electron chi connectivity index (χ0n) is 21.4. The third kappa shape index (κ3) is 3.83. The summed E-state index contributed by atoms with van der Waals surface area (Å²) in [6.45, 7) is 5.61. The van der Waals surface area contributed by atoms with Gasteiger partial charge < -0.3 is 19.6 Å². The highest BCUT2D eigenvalue weighted by molar-refractivity contribution is 6.52. The molecule has 0 aliphatic carbocycles. The van der Waals surface area contributed by atoms with E-state index < -0.39 is 17.7 Å². The number of aromatic nitrogens is 1. The molecule has 37 heavy (non-hydrogen) atoms. The second-order valence-electron chi connectivity index (χ2n) is 9.22. The van der Waals surface area contributed by atoms with Crippen molar-refractivity contribution in [3.63, 3.8) is 0 Å². The number of carbonyl (C=O) groups excluding carboxylic acids is 2. The van der Waals surface area contributed by atoms with Crippen LogP contribution in [0.3, 0.4) is 0 Å². The molecule has 0 saturated carbocycles. The van der Waals surface area contributed by atoms with Gasteiger partial charge in [-0.1, -0.05) is 24.3 Å². The lowest BCUT2D eigenvalue weighted by Crippen LogP contribution is -2.29. The minimum Gasteiger partial charge on any atom is -0.507 e. The summed E-state index contributed by atoms with van der Waals surface area (Å²) in [5, 5.41) is 12.5. The van der Waals surface area contributed by atoms with Gasteiger partial charge in [0.15, 0.2) is 0 Å². The van der Waals surface area contributed by atoms with E-state index in [-0.39, 0.29) is 11.3 Å². The van der Waals surface area contributed by atoms with Gasteiger partial charge in [-0.05, 0) is 62.2 Å². The van der Waals surface area contributed by atoms with Crippen molar-refractivity contribution >= 4 is 34.0 Å². The van der Waals surface area contributed by atoms with Gasteiger partial charge in [0.2, 0.25) is 0 Å². The number of methoxy groups -OCH3 is 2. The van der Waals surface area contributed by atoms with Gasteiger partial charge in [0.1, 0.15) is 17.3 Å². The molecular weight excluding hydrogens is 468 g/mol. The monoisotopic (exact) mass is 496 g/mol. The largest absolute Gasteiger partial charge is 0.507 e. The number of nitrogens with one attached hydrogen (secondary N) is 1. The lowest BCUT2D eigenvalue weighted by Gasteiger charge is -2.26. The van der Waals surface area contributed by atoms with Gasteiger partial charge in [0.05, 0.1) is 25.8 Å². The summed E-state index contributed by atoms with van der Waals surface area (Å²) in [7, 11) is 3.13. The first-order valence-corrected chi connectivity index (χ1v) is 11.9. The van der Waals surface area contributed by atoms with Gasteiger partial charge in [-0.15, -0.1) is 0 Å². The van der Waals surface area contributed by atoms with Crippen molar-refractivity contribution in [1.29, 1.82) is 0 Å². The standard InChI is InChI=1S/C30H28N2O5/c1-16-14-24(37-5)17(2)13-22(16)28(33)26-27(25-18(3)31-23-12-7-6-11-21(23)25)32(30(35)29(26)34)19-9-8-10-20(15-19)36-4/h6-15,27,31,33H,1-5H3/b28-26+. The first kappa shape index (κ1) is 24.2. The molecule has 0 bridgehead atoms. The fraction of sp³-hybridized carbons (Fsp3) is 0.200. The van der Waals surface area contributed by atoms with E-state index in [4.69, 9.17) is 9.47 Å². The van der Waals surface area contributed by atoms with E-state index in [1.807, 2.05) is 51.1 Å². The Morgan fingerprint density at radius 2 is 1.68 bits per heavy atom. The number of ketones is 1. The average Bonchev–Trinajstić information content (AvgIpc) is 3.36. The number of amides is 1. The molecule has 2 N–H and O–H groups in total. The molecule has 188 valence electrons. The van der Waals surface area contributed by atoms with Crippen molar-refractivity contribution < 1.29 is 24.2 Å². The smallest absolute Gasteiger partial charge is 0.300 e. The summed E-state index contributed by atoms with van der Waals surface area (Å²) >= 11 is 0. The number of aromatic amines is 1. The number of H-pyrrole nitrogens is 1. The van der Waals surface area contributed by atoms with Crippen LogP contribution in [0.1, 0.15) is 34.0 Å². The van der Waals surface area contributed by atoms with Crippen molar-refractivity contribution in [1.82, 2.24) is 4.98 Å². The summed E-state index contributed by atoms with van der Waals surface area (Å²) in [6.07, 6.45) is 0. The maximum Gasteiger partial charge on any atom is 0.300 e. The highest BCUT2D eigenvalue weighted by Crippen LogP contribution is 2.46. The van der Waals surface area contributed by atoms with E-state index in [9.17, 15) is 14.7 Å². The lowest BCUT2D eigenvalue weighted by molar-refractivity contribution is -0.132. The van der Waals surface area contributed by atoms with Crippen molar-refractivity contribution in [3.8, 4) is 11.5 Å². The van der Waals surface area contributed by atoms with Crippen LogP contribution in [-0.2, 0) is 9.59 Å². The molecule has 4 aromatic rings. The number of carbonyl (C=O) groups is 2. The number of rotatable bonds is 5. The summed E-state index contributed by atoms with van der Waals surface area (Å²) in [5.41, 5.74) is 4.97. The fourth-order valence-electron chi connectivity index (χ4n) is 5.19. The van der Waals surface area contributed by atoms with E-state index in [2.05, 4.69) is 4.98 Å². The van der Waals surface area contributed by atoms with Crippen LogP contribution in [0.4, 0.5) is 5.69 Å². The Hall–Kier alpha value is -4.52. The third-order valence-electron chi connectivity index (χ3n) is 6.99. The van der Waals surface area contributed by atoms with E-state index in [0.717, 1.165) is 33.3 Å². The Morgan fingerprint density at radius 1 is 0.919 bits per heavy atom. The quantitative estimate of drug-likeness (QED) is 0.209. The van der Waals surface area contributed by atoms with E-state index >= 15 is 0 Å². The molecule has 1 amide bonds.